The van der Waals surface area contributed by atoms with Crippen molar-refractivity contribution in [2.75, 3.05) is 45.9 Å². The molecule has 9 heteroatoms. The molecule has 0 saturated carbocycles. The fourth-order valence-electron chi connectivity index (χ4n) is 5.65. The van der Waals surface area contributed by atoms with Crippen molar-refractivity contribution in [3.63, 3.8) is 0 Å². The van der Waals surface area contributed by atoms with Crippen LogP contribution >= 0.6 is 0 Å². The summed E-state index contributed by atoms with van der Waals surface area (Å²) in [7, 11) is -3.57. The van der Waals surface area contributed by atoms with E-state index < -0.39 is 10.0 Å². The maximum atomic E-state index is 13.4. The monoisotopic (exact) mass is 493 g/mol. The summed E-state index contributed by atoms with van der Waals surface area (Å²) in [6, 6.07) is 6.82. The second-order valence-electron chi connectivity index (χ2n) is 9.89. The van der Waals surface area contributed by atoms with E-state index in [0.717, 1.165) is 39.0 Å². The van der Waals surface area contributed by atoms with Crippen molar-refractivity contribution in [1.29, 1.82) is 0 Å². The first-order valence-corrected chi connectivity index (χ1v) is 14.1. The van der Waals surface area contributed by atoms with Crippen molar-refractivity contribution in [3.05, 3.63) is 24.3 Å². The van der Waals surface area contributed by atoms with Crippen LogP contribution in [0.5, 0.6) is 5.75 Å². The average molecular weight is 494 g/mol. The number of nitrogens with zero attached hydrogens (tertiary/aromatic N) is 3. The third kappa shape index (κ3) is 5.75. The minimum Gasteiger partial charge on any atom is -0.494 e. The van der Waals surface area contributed by atoms with Gasteiger partial charge in [-0.3, -0.25) is 9.69 Å². The van der Waals surface area contributed by atoms with E-state index >= 15 is 0 Å². The van der Waals surface area contributed by atoms with Gasteiger partial charge in [-0.05, 0) is 70.7 Å². The molecule has 0 N–H and O–H groups in total. The quantitative estimate of drug-likeness (QED) is 0.581. The lowest BCUT2D eigenvalue weighted by molar-refractivity contribution is -0.138. The van der Waals surface area contributed by atoms with Gasteiger partial charge in [0, 0.05) is 51.2 Å². The van der Waals surface area contributed by atoms with Crippen LogP contribution in [0.15, 0.2) is 29.2 Å². The molecule has 0 spiro atoms. The highest BCUT2D eigenvalue weighted by Gasteiger charge is 2.38. The molecule has 0 aliphatic carbocycles. The number of hydrogen-bond donors (Lipinski definition) is 0. The number of ether oxygens (including phenoxy) is 2. The highest BCUT2D eigenvalue weighted by Crippen LogP contribution is 2.29. The molecule has 8 nitrogen and oxygen atoms in total. The van der Waals surface area contributed by atoms with Gasteiger partial charge in [-0.2, -0.15) is 4.31 Å². The smallest absolute Gasteiger partial charge is 0.243 e. The number of carbonyl (C=O) groups is 1. The summed E-state index contributed by atoms with van der Waals surface area (Å²) in [5, 5.41) is 0. The Morgan fingerprint density at radius 3 is 2.29 bits per heavy atom. The van der Waals surface area contributed by atoms with Crippen LogP contribution in [0.2, 0.25) is 0 Å². The number of morpholine rings is 1. The zero-order valence-corrected chi connectivity index (χ0v) is 21.5. The van der Waals surface area contributed by atoms with Crippen LogP contribution in [-0.4, -0.2) is 92.6 Å². The zero-order chi connectivity index (χ0) is 24.3. The van der Waals surface area contributed by atoms with Crippen LogP contribution in [0, 0.1) is 5.92 Å². The van der Waals surface area contributed by atoms with Gasteiger partial charge in [-0.15, -0.1) is 0 Å². The van der Waals surface area contributed by atoms with Gasteiger partial charge in [0.25, 0.3) is 0 Å². The van der Waals surface area contributed by atoms with Gasteiger partial charge in [0.2, 0.25) is 15.9 Å². The number of rotatable bonds is 7. The Kier molecular flexibility index (Phi) is 8.17. The summed E-state index contributed by atoms with van der Waals surface area (Å²) in [6.45, 7) is 10.9. The molecule has 34 heavy (non-hydrogen) atoms. The topological polar surface area (TPSA) is 79.4 Å². The lowest BCUT2D eigenvalue weighted by atomic mass is 9.96. The molecule has 3 atom stereocenters. The molecular formula is C25H39N3O5S. The van der Waals surface area contributed by atoms with E-state index in [1.165, 1.54) is 4.31 Å². The van der Waals surface area contributed by atoms with Gasteiger partial charge >= 0.3 is 0 Å². The summed E-state index contributed by atoms with van der Waals surface area (Å²) in [5.74, 6) is 0.761. The van der Waals surface area contributed by atoms with Crippen LogP contribution in [-0.2, 0) is 19.6 Å². The molecule has 3 saturated heterocycles. The molecule has 1 aromatic carbocycles. The van der Waals surface area contributed by atoms with E-state index in [1.807, 2.05) is 6.92 Å². The minimum atomic E-state index is -3.57. The summed E-state index contributed by atoms with van der Waals surface area (Å²) in [5.41, 5.74) is 0. The van der Waals surface area contributed by atoms with E-state index in [-0.39, 0.29) is 35.0 Å². The summed E-state index contributed by atoms with van der Waals surface area (Å²) >= 11 is 0. The predicted molar refractivity (Wildman–Crippen MR) is 130 cm³/mol. The third-order valence-electron chi connectivity index (χ3n) is 7.20. The fraction of sp³-hybridized carbons (Fsp3) is 0.720. The fourth-order valence-corrected chi connectivity index (χ4v) is 7.12. The molecule has 0 radical (unpaired) electrons. The van der Waals surface area contributed by atoms with Crippen molar-refractivity contribution in [3.8, 4) is 5.75 Å². The van der Waals surface area contributed by atoms with E-state index in [0.29, 0.717) is 38.3 Å². The van der Waals surface area contributed by atoms with Crippen LogP contribution in [0.3, 0.4) is 0 Å². The summed E-state index contributed by atoms with van der Waals surface area (Å²) in [4.78, 5) is 18.2. The highest BCUT2D eigenvalue weighted by atomic mass is 32.2. The molecule has 3 fully saturated rings. The van der Waals surface area contributed by atoms with Gasteiger partial charge in [-0.1, -0.05) is 0 Å². The molecule has 4 rings (SSSR count). The molecule has 3 heterocycles. The lowest BCUT2D eigenvalue weighted by Gasteiger charge is -2.39. The standard InChI is InChI=1S/C25H39N3O5S/c1-4-32-23-7-9-24(10-8-23)34(30,31)27-14-11-21(12-15-27)25(29)28-13-5-6-22(28)18-26-16-19(2)33-20(3)17-26/h7-10,19-22H,4-6,11-18H2,1-3H3. The SMILES string of the molecule is CCOc1ccc(S(=O)(=O)N2CCC(C(=O)N3CCCC3CN3CC(C)OC(C)C3)CC2)cc1. The highest BCUT2D eigenvalue weighted by molar-refractivity contribution is 7.89. The number of hydrogen-bond acceptors (Lipinski definition) is 6. The van der Waals surface area contributed by atoms with Crippen LogP contribution < -0.4 is 4.74 Å². The molecule has 0 aromatic heterocycles. The molecule has 1 aromatic rings. The largest absolute Gasteiger partial charge is 0.494 e. The molecule has 3 aliphatic rings. The number of benzene rings is 1. The Morgan fingerprint density at radius 1 is 1.03 bits per heavy atom. The second-order valence-corrected chi connectivity index (χ2v) is 11.8. The van der Waals surface area contributed by atoms with Crippen molar-refractivity contribution in [2.24, 2.45) is 5.92 Å². The molecule has 3 unspecified atom stereocenters. The number of likely N-dealkylation sites (tertiary alicyclic amines) is 1. The minimum absolute atomic E-state index is 0.102. The van der Waals surface area contributed by atoms with Gasteiger partial charge in [0.15, 0.2) is 0 Å². The van der Waals surface area contributed by atoms with Crippen molar-refractivity contribution < 1.29 is 22.7 Å². The first kappa shape index (κ1) is 25.4. The average Bonchev–Trinajstić information content (AvgIpc) is 3.26. The van der Waals surface area contributed by atoms with Gasteiger partial charge < -0.3 is 14.4 Å². The first-order valence-electron chi connectivity index (χ1n) is 12.7. The molecule has 190 valence electrons. The Hall–Kier alpha value is -1.68. The van der Waals surface area contributed by atoms with Crippen molar-refractivity contribution in [1.82, 2.24) is 14.1 Å². The Labute approximate surface area is 204 Å². The van der Waals surface area contributed by atoms with Crippen molar-refractivity contribution >= 4 is 15.9 Å². The van der Waals surface area contributed by atoms with Crippen molar-refractivity contribution in [2.45, 2.75) is 69.6 Å². The zero-order valence-electron chi connectivity index (χ0n) is 20.7. The van der Waals surface area contributed by atoms with E-state index in [1.54, 1.807) is 24.3 Å². The molecule has 0 bridgehead atoms. The number of amides is 1. The Morgan fingerprint density at radius 2 is 1.68 bits per heavy atom. The molecule has 1 amide bonds. The Bertz CT molecular complexity index is 920. The summed E-state index contributed by atoms with van der Waals surface area (Å²) < 4.78 is 39.0. The maximum Gasteiger partial charge on any atom is 0.243 e. The predicted octanol–water partition coefficient (Wildman–Crippen LogP) is 2.59. The lowest BCUT2D eigenvalue weighted by Crippen LogP contribution is -2.52. The van der Waals surface area contributed by atoms with Gasteiger partial charge in [0.05, 0.1) is 23.7 Å². The van der Waals surface area contributed by atoms with Gasteiger partial charge in [0.1, 0.15) is 5.75 Å². The number of sulfonamides is 1. The summed E-state index contributed by atoms with van der Waals surface area (Å²) in [6.07, 6.45) is 3.66. The van der Waals surface area contributed by atoms with E-state index in [4.69, 9.17) is 9.47 Å². The molecule has 3 aliphatic heterocycles. The van der Waals surface area contributed by atoms with E-state index in [2.05, 4.69) is 23.6 Å². The van der Waals surface area contributed by atoms with Gasteiger partial charge in [-0.25, -0.2) is 8.42 Å². The number of piperidine rings is 1. The number of carbonyl (C=O) groups excluding carboxylic acids is 1. The van der Waals surface area contributed by atoms with E-state index in [9.17, 15) is 13.2 Å². The second kappa shape index (κ2) is 10.9. The van der Waals surface area contributed by atoms with Crippen LogP contribution in [0.4, 0.5) is 0 Å². The Balaban J connectivity index is 1.32. The third-order valence-corrected chi connectivity index (χ3v) is 9.11. The van der Waals surface area contributed by atoms with Crippen LogP contribution in [0.1, 0.15) is 46.5 Å². The maximum absolute atomic E-state index is 13.4. The molecular weight excluding hydrogens is 454 g/mol. The van der Waals surface area contributed by atoms with Crippen LogP contribution in [0.25, 0.3) is 0 Å². The first-order chi connectivity index (χ1) is 16.3. The normalized spacial score (nSPS) is 27.7.